The van der Waals surface area contributed by atoms with Crippen molar-refractivity contribution >= 4 is 10.9 Å². The smallest absolute Gasteiger partial charge is 0.126 e. The number of hydrogen-bond acceptors (Lipinski definition) is 3. The molecule has 0 amide bonds. The molecule has 21 heavy (non-hydrogen) atoms. The third-order valence-electron chi connectivity index (χ3n) is 3.75. The molecule has 0 bridgehead atoms. The van der Waals surface area contributed by atoms with Crippen molar-refractivity contribution in [1.29, 1.82) is 0 Å². The molecular weight excluding hydrogens is 260 g/mol. The molecule has 2 heterocycles. The van der Waals surface area contributed by atoms with Crippen LogP contribution in [-0.4, -0.2) is 15.1 Å². The minimum Gasteiger partial charge on any atom is -0.507 e. The minimum atomic E-state index is 0.253. The van der Waals surface area contributed by atoms with E-state index in [9.17, 15) is 5.11 Å². The van der Waals surface area contributed by atoms with E-state index in [-0.39, 0.29) is 5.75 Å². The number of aromatic hydroxyl groups is 1. The van der Waals surface area contributed by atoms with E-state index >= 15 is 0 Å². The normalized spacial score (nSPS) is 11.0. The van der Waals surface area contributed by atoms with Crippen LogP contribution in [0.15, 0.2) is 30.5 Å². The number of nitrogens with zero attached hydrogens (tertiary/aromatic N) is 2. The molecule has 106 valence electrons. The van der Waals surface area contributed by atoms with Crippen molar-refractivity contribution < 1.29 is 5.11 Å². The van der Waals surface area contributed by atoms with E-state index in [2.05, 4.69) is 42.9 Å². The number of benzene rings is 1. The van der Waals surface area contributed by atoms with Crippen molar-refractivity contribution in [2.24, 2.45) is 0 Å². The van der Waals surface area contributed by atoms with Crippen LogP contribution in [-0.2, 0) is 0 Å². The van der Waals surface area contributed by atoms with Crippen molar-refractivity contribution in [1.82, 2.24) is 9.97 Å². The van der Waals surface area contributed by atoms with Crippen molar-refractivity contribution in [3.8, 4) is 17.0 Å². The van der Waals surface area contributed by atoms with E-state index in [0.29, 0.717) is 0 Å². The van der Waals surface area contributed by atoms with Gasteiger partial charge in [0.05, 0.1) is 5.69 Å². The Balaban J connectivity index is 2.41. The van der Waals surface area contributed by atoms with Gasteiger partial charge in [-0.15, -0.1) is 0 Å². The highest BCUT2D eigenvalue weighted by Crippen LogP contribution is 2.34. The number of pyridine rings is 2. The second-order valence-corrected chi connectivity index (χ2v) is 5.61. The first-order valence-electron chi connectivity index (χ1n) is 7.01. The molecule has 0 aliphatic rings. The lowest BCUT2D eigenvalue weighted by atomic mass is 9.95. The van der Waals surface area contributed by atoms with Gasteiger partial charge in [-0.3, -0.25) is 9.97 Å². The average Bonchev–Trinajstić information content (AvgIpc) is 2.38. The lowest BCUT2D eigenvalue weighted by Gasteiger charge is -2.13. The van der Waals surface area contributed by atoms with E-state index in [1.54, 1.807) is 18.3 Å². The molecule has 0 saturated heterocycles. The fraction of sp³-hybridized carbons (Fsp3) is 0.222. The van der Waals surface area contributed by atoms with E-state index in [4.69, 9.17) is 0 Å². The SMILES string of the molecule is Cc1cc(C)c(-c2nccc3c(O)cc(C)nc23)c(C)c1. The van der Waals surface area contributed by atoms with Crippen LogP contribution < -0.4 is 0 Å². The summed E-state index contributed by atoms with van der Waals surface area (Å²) < 4.78 is 0. The highest BCUT2D eigenvalue weighted by atomic mass is 16.3. The minimum absolute atomic E-state index is 0.253. The Bertz CT molecular complexity index is 830. The summed E-state index contributed by atoms with van der Waals surface area (Å²) in [7, 11) is 0. The van der Waals surface area contributed by atoms with E-state index < -0.39 is 0 Å². The summed E-state index contributed by atoms with van der Waals surface area (Å²) in [6.45, 7) is 8.15. The first-order chi connectivity index (χ1) is 9.97. The highest BCUT2D eigenvalue weighted by molar-refractivity contribution is 5.96. The van der Waals surface area contributed by atoms with Crippen molar-refractivity contribution in [2.45, 2.75) is 27.7 Å². The van der Waals surface area contributed by atoms with Gasteiger partial charge in [0.2, 0.25) is 0 Å². The molecule has 3 nitrogen and oxygen atoms in total. The van der Waals surface area contributed by atoms with Crippen LogP contribution in [0.25, 0.3) is 22.2 Å². The molecule has 0 saturated carbocycles. The molecule has 1 aromatic carbocycles. The molecule has 3 heteroatoms. The molecule has 0 fully saturated rings. The van der Waals surface area contributed by atoms with Crippen LogP contribution in [0.2, 0.25) is 0 Å². The highest BCUT2D eigenvalue weighted by Gasteiger charge is 2.14. The largest absolute Gasteiger partial charge is 0.507 e. The molecule has 0 atom stereocenters. The summed E-state index contributed by atoms with van der Waals surface area (Å²) in [5.41, 5.74) is 7.07. The summed E-state index contributed by atoms with van der Waals surface area (Å²) >= 11 is 0. The van der Waals surface area contributed by atoms with Crippen molar-refractivity contribution in [2.75, 3.05) is 0 Å². The Morgan fingerprint density at radius 1 is 0.952 bits per heavy atom. The summed E-state index contributed by atoms with van der Waals surface area (Å²) in [6.07, 6.45) is 1.73. The average molecular weight is 278 g/mol. The van der Waals surface area contributed by atoms with Gasteiger partial charge in [-0.1, -0.05) is 17.7 Å². The molecule has 0 spiro atoms. The molecule has 3 rings (SSSR count). The maximum absolute atomic E-state index is 10.1. The van der Waals surface area contributed by atoms with E-state index in [1.807, 2.05) is 6.92 Å². The Hall–Kier alpha value is -2.42. The van der Waals surface area contributed by atoms with Gasteiger partial charge in [0.1, 0.15) is 11.3 Å². The van der Waals surface area contributed by atoms with Gasteiger partial charge in [-0.25, -0.2) is 0 Å². The molecule has 0 radical (unpaired) electrons. The fourth-order valence-corrected chi connectivity index (χ4v) is 2.99. The number of aromatic nitrogens is 2. The number of fused-ring (bicyclic) bond motifs is 1. The maximum atomic E-state index is 10.1. The van der Waals surface area contributed by atoms with Gasteiger partial charge in [0.15, 0.2) is 0 Å². The molecule has 0 aliphatic heterocycles. The summed E-state index contributed by atoms with van der Waals surface area (Å²) in [5, 5.41) is 10.9. The van der Waals surface area contributed by atoms with Crippen LogP contribution in [0.3, 0.4) is 0 Å². The zero-order valence-corrected chi connectivity index (χ0v) is 12.7. The molecule has 0 unspecified atom stereocenters. The second kappa shape index (κ2) is 4.85. The molecule has 2 aromatic heterocycles. The molecule has 3 aromatic rings. The predicted octanol–water partition coefficient (Wildman–Crippen LogP) is 4.24. The van der Waals surface area contributed by atoms with Crippen LogP contribution in [0.1, 0.15) is 22.4 Å². The number of rotatable bonds is 1. The van der Waals surface area contributed by atoms with Gasteiger partial charge in [0.25, 0.3) is 0 Å². The lowest BCUT2D eigenvalue weighted by Crippen LogP contribution is -1.96. The van der Waals surface area contributed by atoms with E-state index in [0.717, 1.165) is 27.9 Å². The van der Waals surface area contributed by atoms with Gasteiger partial charge in [-0.2, -0.15) is 0 Å². The lowest BCUT2D eigenvalue weighted by molar-refractivity contribution is 0.480. The third kappa shape index (κ3) is 2.25. The predicted molar refractivity (Wildman–Crippen MR) is 85.6 cm³/mol. The first kappa shape index (κ1) is 13.6. The standard InChI is InChI=1S/C18H18N2O/c1-10-7-11(2)16(12(3)8-10)18-17-14(5-6-19-18)15(21)9-13(4)20-17/h5-9H,1-4H3,(H,20,21). The second-order valence-electron chi connectivity index (χ2n) is 5.61. The molecule has 1 N–H and O–H groups in total. The monoisotopic (exact) mass is 278 g/mol. The van der Waals surface area contributed by atoms with Crippen LogP contribution in [0.5, 0.6) is 5.75 Å². The zero-order chi connectivity index (χ0) is 15.1. The summed E-state index contributed by atoms with van der Waals surface area (Å²) in [4.78, 5) is 9.13. The van der Waals surface area contributed by atoms with E-state index in [1.165, 1.54) is 16.7 Å². The Morgan fingerprint density at radius 3 is 2.29 bits per heavy atom. The zero-order valence-electron chi connectivity index (χ0n) is 12.7. The fourth-order valence-electron chi connectivity index (χ4n) is 2.99. The third-order valence-corrected chi connectivity index (χ3v) is 3.75. The van der Waals surface area contributed by atoms with Crippen LogP contribution >= 0.6 is 0 Å². The Kier molecular flexibility index (Phi) is 3.13. The van der Waals surface area contributed by atoms with Crippen molar-refractivity contribution in [3.63, 3.8) is 0 Å². The van der Waals surface area contributed by atoms with Gasteiger partial charge >= 0.3 is 0 Å². The molecule has 0 aliphatic carbocycles. The summed E-state index contributed by atoms with van der Waals surface area (Å²) in [5.74, 6) is 0.253. The van der Waals surface area contributed by atoms with Gasteiger partial charge in [0, 0.05) is 28.9 Å². The van der Waals surface area contributed by atoms with Crippen molar-refractivity contribution in [3.05, 3.63) is 52.8 Å². The molecular formula is C18H18N2O. The first-order valence-corrected chi connectivity index (χ1v) is 7.01. The summed E-state index contributed by atoms with van der Waals surface area (Å²) in [6, 6.07) is 7.79. The maximum Gasteiger partial charge on any atom is 0.126 e. The quantitative estimate of drug-likeness (QED) is 0.724. The van der Waals surface area contributed by atoms with Gasteiger partial charge in [-0.05, 0) is 44.9 Å². The van der Waals surface area contributed by atoms with Gasteiger partial charge < -0.3 is 5.11 Å². The van der Waals surface area contributed by atoms with Crippen LogP contribution in [0, 0.1) is 27.7 Å². The van der Waals surface area contributed by atoms with Crippen LogP contribution in [0.4, 0.5) is 0 Å². The Labute approximate surface area is 124 Å². The number of hydrogen-bond donors (Lipinski definition) is 1. The Morgan fingerprint density at radius 2 is 1.62 bits per heavy atom. The number of aryl methyl sites for hydroxylation is 4. The topological polar surface area (TPSA) is 46.0 Å².